The van der Waals surface area contributed by atoms with Crippen LogP contribution in [0.5, 0.6) is 5.75 Å². The van der Waals surface area contributed by atoms with Gasteiger partial charge >= 0.3 is 5.97 Å². The van der Waals surface area contributed by atoms with Crippen molar-refractivity contribution in [2.75, 3.05) is 12.0 Å². The molecule has 3 aromatic rings. The number of nitrogens with two attached hydrogens (primary N) is 1. The number of benzene rings is 2. The number of fused-ring (bicyclic) bond motifs is 4. The van der Waals surface area contributed by atoms with Gasteiger partial charge in [-0.2, -0.15) is 0 Å². The third-order valence-electron chi connectivity index (χ3n) is 7.31. The van der Waals surface area contributed by atoms with Gasteiger partial charge < -0.3 is 24.7 Å². The number of para-hydroxylation sites is 1. The average molecular weight is 502 g/mol. The molecule has 37 heavy (non-hydrogen) atoms. The molecule has 1 atom stereocenters. The van der Waals surface area contributed by atoms with Gasteiger partial charge in [0.25, 0.3) is 5.56 Å². The van der Waals surface area contributed by atoms with E-state index < -0.39 is 28.7 Å². The maximum atomic E-state index is 14.6. The number of pyridine rings is 1. The Hall–Kier alpha value is -4.40. The quantitative estimate of drug-likeness (QED) is 0.551. The lowest BCUT2D eigenvalue weighted by Crippen LogP contribution is -2.52. The van der Waals surface area contributed by atoms with E-state index in [0.717, 1.165) is 12.8 Å². The van der Waals surface area contributed by atoms with Gasteiger partial charge in [0, 0.05) is 29.1 Å². The second kappa shape index (κ2) is 8.06. The molecule has 0 bridgehead atoms. The number of methoxy groups -OCH3 is 1. The monoisotopic (exact) mass is 501 g/mol. The third-order valence-corrected chi connectivity index (χ3v) is 7.31. The lowest BCUT2D eigenvalue weighted by Gasteiger charge is -2.36. The number of hydrogen-bond donors (Lipinski definition) is 1. The summed E-state index contributed by atoms with van der Waals surface area (Å²) in [6.07, 6.45) is 1.68. The number of rotatable bonds is 4. The molecule has 1 spiro atoms. The van der Waals surface area contributed by atoms with Crippen LogP contribution in [-0.4, -0.2) is 23.6 Å². The number of hydrogen-bond acceptors (Lipinski definition) is 6. The lowest BCUT2D eigenvalue weighted by molar-refractivity contribution is -0.138. The number of aryl methyl sites for hydroxylation is 1. The molecular formula is C28H24FN3O5. The maximum absolute atomic E-state index is 14.6. The smallest absolute Gasteiger partial charge is 0.340 e. The van der Waals surface area contributed by atoms with Crippen molar-refractivity contribution in [1.29, 1.82) is 0 Å². The van der Waals surface area contributed by atoms with Gasteiger partial charge in [-0.15, -0.1) is 0 Å². The summed E-state index contributed by atoms with van der Waals surface area (Å²) < 4.78 is 26.6. The highest BCUT2D eigenvalue weighted by molar-refractivity contribution is 6.18. The van der Waals surface area contributed by atoms with Gasteiger partial charge in [0.2, 0.25) is 11.8 Å². The average Bonchev–Trinajstić information content (AvgIpc) is 3.67. The number of anilines is 1. The minimum atomic E-state index is -1.89. The van der Waals surface area contributed by atoms with Gasteiger partial charge in [-0.3, -0.25) is 9.59 Å². The molecule has 0 saturated heterocycles. The highest BCUT2D eigenvalue weighted by Crippen LogP contribution is 2.55. The molecule has 8 nitrogen and oxygen atoms in total. The van der Waals surface area contributed by atoms with Crippen LogP contribution in [0, 0.1) is 12.7 Å². The van der Waals surface area contributed by atoms with Gasteiger partial charge in [0.1, 0.15) is 22.6 Å². The Morgan fingerprint density at radius 2 is 1.92 bits per heavy atom. The number of nitrogens with zero attached hydrogens (tertiary/aromatic N) is 2. The Bertz CT molecular complexity index is 1590. The zero-order valence-electron chi connectivity index (χ0n) is 20.3. The fraction of sp³-hybridized carbons (Fsp3) is 0.250. The highest BCUT2D eigenvalue weighted by atomic mass is 19.1. The number of ether oxygens (including phenoxy) is 2. The van der Waals surface area contributed by atoms with Crippen molar-refractivity contribution < 1.29 is 23.5 Å². The van der Waals surface area contributed by atoms with Gasteiger partial charge in [-0.25, -0.2) is 9.18 Å². The van der Waals surface area contributed by atoms with Crippen molar-refractivity contribution >= 4 is 17.6 Å². The maximum Gasteiger partial charge on any atom is 0.340 e. The predicted octanol–water partition coefficient (Wildman–Crippen LogP) is 3.20. The summed E-state index contributed by atoms with van der Waals surface area (Å²) >= 11 is 0. The SMILES string of the molecule is COC(=O)C1=C(N)Oc2cc(C)n(C3CC3)c(=O)c2C12C(=O)N(Cc1cccc(F)c1)c1ccccc12. The van der Waals surface area contributed by atoms with E-state index in [9.17, 15) is 18.8 Å². The molecule has 1 saturated carbocycles. The number of halogens is 1. The van der Waals surface area contributed by atoms with Crippen LogP contribution in [0.15, 0.2) is 70.8 Å². The topological polar surface area (TPSA) is 104 Å². The molecule has 3 heterocycles. The van der Waals surface area contributed by atoms with Crippen LogP contribution >= 0.6 is 0 Å². The molecule has 2 N–H and O–H groups in total. The van der Waals surface area contributed by atoms with Crippen LogP contribution in [0.25, 0.3) is 0 Å². The largest absolute Gasteiger partial charge is 0.465 e. The first-order valence-corrected chi connectivity index (χ1v) is 12.0. The Labute approximate surface area is 211 Å². The van der Waals surface area contributed by atoms with Crippen molar-refractivity contribution in [1.82, 2.24) is 4.57 Å². The summed E-state index contributed by atoms with van der Waals surface area (Å²) in [4.78, 5) is 43.5. The zero-order valence-corrected chi connectivity index (χ0v) is 20.3. The van der Waals surface area contributed by atoms with Gasteiger partial charge in [0.05, 0.1) is 19.2 Å². The molecule has 6 rings (SSSR count). The molecule has 1 aromatic heterocycles. The summed E-state index contributed by atoms with van der Waals surface area (Å²) in [5.74, 6) is -2.06. The molecule has 2 aliphatic heterocycles. The standard InChI is InChI=1S/C28H24FN3O5/c1-15-12-21-22(25(33)32(15)18-10-11-18)28(23(24(30)37-21)26(34)36-2)19-8-3-4-9-20(19)31(27(28)35)14-16-6-5-7-17(29)13-16/h3-9,12-13,18H,10-11,14,30H2,1-2H3. The van der Waals surface area contributed by atoms with E-state index in [1.807, 2.05) is 0 Å². The van der Waals surface area contributed by atoms with E-state index in [2.05, 4.69) is 0 Å². The van der Waals surface area contributed by atoms with Crippen molar-refractivity contribution in [2.45, 2.75) is 37.8 Å². The van der Waals surface area contributed by atoms with Crippen molar-refractivity contribution in [3.63, 3.8) is 0 Å². The number of carbonyl (C=O) groups is 2. The Morgan fingerprint density at radius 1 is 1.16 bits per heavy atom. The second-order valence-corrected chi connectivity index (χ2v) is 9.55. The van der Waals surface area contributed by atoms with Crippen molar-refractivity contribution in [2.24, 2.45) is 5.73 Å². The fourth-order valence-corrected chi connectivity index (χ4v) is 5.68. The molecule has 1 aliphatic carbocycles. The number of carbonyl (C=O) groups excluding carboxylic acids is 2. The van der Waals surface area contributed by atoms with Crippen molar-refractivity contribution in [3.8, 4) is 5.75 Å². The fourth-order valence-electron chi connectivity index (χ4n) is 5.68. The Balaban J connectivity index is 1.68. The predicted molar refractivity (Wildman–Crippen MR) is 132 cm³/mol. The molecule has 0 radical (unpaired) electrons. The van der Waals surface area contributed by atoms with Crippen LogP contribution in [0.4, 0.5) is 10.1 Å². The van der Waals surface area contributed by atoms with E-state index in [4.69, 9.17) is 15.2 Å². The molecule has 188 valence electrons. The van der Waals surface area contributed by atoms with Crippen LogP contribution in [0.3, 0.4) is 0 Å². The second-order valence-electron chi connectivity index (χ2n) is 9.55. The zero-order chi connectivity index (χ0) is 26.1. The van der Waals surface area contributed by atoms with Crippen LogP contribution in [0.1, 0.15) is 41.3 Å². The van der Waals surface area contributed by atoms with Gasteiger partial charge in [0.15, 0.2) is 0 Å². The van der Waals surface area contributed by atoms with E-state index in [1.54, 1.807) is 54.0 Å². The first kappa shape index (κ1) is 23.0. The lowest BCUT2D eigenvalue weighted by atomic mass is 9.68. The van der Waals surface area contributed by atoms with Gasteiger partial charge in [-0.05, 0) is 43.5 Å². The molecule has 1 fully saturated rings. The summed E-state index contributed by atoms with van der Waals surface area (Å²) in [5.41, 5.74) is 5.88. The minimum absolute atomic E-state index is 0.00910. The van der Waals surface area contributed by atoms with E-state index >= 15 is 0 Å². The minimum Gasteiger partial charge on any atom is -0.465 e. The first-order chi connectivity index (χ1) is 17.8. The Morgan fingerprint density at radius 3 is 2.62 bits per heavy atom. The van der Waals surface area contributed by atoms with Gasteiger partial charge in [-0.1, -0.05) is 30.3 Å². The summed E-state index contributed by atoms with van der Waals surface area (Å²) in [5, 5.41) is 0. The summed E-state index contributed by atoms with van der Waals surface area (Å²) in [6.45, 7) is 1.81. The number of esters is 1. The highest BCUT2D eigenvalue weighted by Gasteiger charge is 2.62. The molecule has 1 unspecified atom stereocenters. The Kier molecular flexibility index (Phi) is 5.01. The molecule has 3 aliphatic rings. The number of aromatic nitrogens is 1. The summed E-state index contributed by atoms with van der Waals surface area (Å²) in [6, 6.07) is 14.5. The van der Waals surface area contributed by atoms with Crippen LogP contribution in [-0.2, 0) is 26.3 Å². The van der Waals surface area contributed by atoms with E-state index in [1.165, 1.54) is 24.1 Å². The van der Waals surface area contributed by atoms with E-state index in [-0.39, 0.29) is 35.4 Å². The normalized spacial score (nSPS) is 20.1. The summed E-state index contributed by atoms with van der Waals surface area (Å²) in [7, 11) is 1.18. The first-order valence-electron chi connectivity index (χ1n) is 12.0. The van der Waals surface area contributed by atoms with E-state index in [0.29, 0.717) is 22.5 Å². The van der Waals surface area contributed by atoms with Crippen LogP contribution in [0.2, 0.25) is 0 Å². The van der Waals surface area contributed by atoms with Crippen LogP contribution < -0.4 is 20.9 Å². The van der Waals surface area contributed by atoms with Crippen molar-refractivity contribution in [3.05, 3.63) is 105 Å². The number of amides is 1. The molecule has 1 amide bonds. The molecule has 2 aromatic carbocycles. The molecule has 9 heteroatoms. The molecular weight excluding hydrogens is 477 g/mol. The third kappa shape index (κ3) is 3.16.